The number of aryl methyl sites for hydroxylation is 1. The Morgan fingerprint density at radius 1 is 1.22 bits per heavy atom. The first-order chi connectivity index (χ1) is 17.2. The Balaban J connectivity index is 1.71. The summed E-state index contributed by atoms with van der Waals surface area (Å²) in [5.41, 5.74) is 2.01. The molecule has 0 radical (unpaired) electrons. The van der Waals surface area contributed by atoms with Crippen molar-refractivity contribution in [3.63, 3.8) is 0 Å². The Kier molecular flexibility index (Phi) is 8.45. The zero-order chi connectivity index (χ0) is 25.9. The van der Waals surface area contributed by atoms with E-state index in [1.54, 1.807) is 23.0 Å². The largest absolute Gasteiger partial charge is 0.497 e. The van der Waals surface area contributed by atoms with Crippen LogP contribution in [-0.4, -0.2) is 35.0 Å². The molecule has 0 N–H and O–H groups in total. The number of benzene rings is 1. The Bertz CT molecular complexity index is 1270. The van der Waals surface area contributed by atoms with Crippen LogP contribution >= 0.6 is 23.1 Å². The van der Waals surface area contributed by atoms with E-state index >= 15 is 0 Å². The summed E-state index contributed by atoms with van der Waals surface area (Å²) >= 11 is 2.89. The normalized spacial score (nSPS) is 15.6. The second-order valence-corrected chi connectivity index (χ2v) is 12.5. The summed E-state index contributed by atoms with van der Waals surface area (Å²) in [6.45, 7) is 9.42. The highest BCUT2D eigenvalue weighted by atomic mass is 32.2. The van der Waals surface area contributed by atoms with E-state index in [2.05, 4.69) is 27.7 Å². The fraction of sp³-hybridized carbons (Fsp3) is 0.536. The maximum Gasteiger partial charge on any atom is 0.316 e. The van der Waals surface area contributed by atoms with Crippen molar-refractivity contribution in [2.24, 2.45) is 11.3 Å². The maximum absolute atomic E-state index is 14.0. The SMILES string of the molecule is CCCCCOC(=O)CSc1nc2sc3c(c2c(=O)n1-c1ccc(OC)cc1)CC[C@H](C(C)(C)C)C3. The minimum absolute atomic E-state index is 0.0734. The number of carbonyl (C=O) groups excluding carboxylic acids is 1. The lowest BCUT2D eigenvalue weighted by Gasteiger charge is -2.33. The summed E-state index contributed by atoms with van der Waals surface area (Å²) in [7, 11) is 1.62. The number of hydrogen-bond acceptors (Lipinski definition) is 7. The van der Waals surface area contributed by atoms with Gasteiger partial charge in [0.25, 0.3) is 5.56 Å². The number of methoxy groups -OCH3 is 1. The smallest absolute Gasteiger partial charge is 0.316 e. The molecule has 0 amide bonds. The monoisotopic (exact) mass is 528 g/mol. The van der Waals surface area contributed by atoms with Crippen molar-refractivity contribution in [1.82, 2.24) is 9.55 Å². The lowest BCUT2D eigenvalue weighted by molar-refractivity contribution is -0.140. The molecule has 1 aliphatic rings. The van der Waals surface area contributed by atoms with Gasteiger partial charge in [-0.3, -0.25) is 14.2 Å². The van der Waals surface area contributed by atoms with Gasteiger partial charge in [-0.2, -0.15) is 0 Å². The van der Waals surface area contributed by atoms with Crippen LogP contribution in [0.5, 0.6) is 5.75 Å². The molecule has 1 aromatic carbocycles. The quantitative estimate of drug-likeness (QED) is 0.138. The molecule has 3 aromatic rings. The van der Waals surface area contributed by atoms with Crippen molar-refractivity contribution >= 4 is 39.3 Å². The molecule has 0 saturated heterocycles. The number of hydrogen-bond donors (Lipinski definition) is 0. The summed E-state index contributed by atoms with van der Waals surface area (Å²) in [4.78, 5) is 33.3. The summed E-state index contributed by atoms with van der Waals surface area (Å²) in [6, 6.07) is 7.38. The van der Waals surface area contributed by atoms with Gasteiger partial charge in [-0.1, -0.05) is 52.3 Å². The average Bonchev–Trinajstić information content (AvgIpc) is 3.23. The van der Waals surface area contributed by atoms with E-state index < -0.39 is 0 Å². The molecule has 1 aliphatic carbocycles. The Hall–Kier alpha value is -2.32. The van der Waals surface area contributed by atoms with Crippen LogP contribution < -0.4 is 10.3 Å². The minimum atomic E-state index is -0.287. The van der Waals surface area contributed by atoms with E-state index in [0.29, 0.717) is 29.1 Å². The second-order valence-electron chi connectivity index (χ2n) is 10.4. The molecule has 194 valence electrons. The fourth-order valence-electron chi connectivity index (χ4n) is 4.70. The molecule has 0 aliphatic heterocycles. The van der Waals surface area contributed by atoms with Gasteiger partial charge in [0.05, 0.1) is 30.5 Å². The van der Waals surface area contributed by atoms with Crippen molar-refractivity contribution < 1.29 is 14.3 Å². The van der Waals surface area contributed by atoms with Crippen LogP contribution in [0.4, 0.5) is 0 Å². The van der Waals surface area contributed by atoms with Crippen molar-refractivity contribution in [3.8, 4) is 11.4 Å². The third-order valence-electron chi connectivity index (χ3n) is 6.94. The van der Waals surface area contributed by atoms with Gasteiger partial charge < -0.3 is 9.47 Å². The van der Waals surface area contributed by atoms with Crippen molar-refractivity contribution in [3.05, 3.63) is 45.1 Å². The lowest BCUT2D eigenvalue weighted by atomic mass is 9.72. The highest BCUT2D eigenvalue weighted by molar-refractivity contribution is 7.99. The Morgan fingerprint density at radius 2 is 1.97 bits per heavy atom. The standard InChI is InChI=1S/C28H36N2O4S2/c1-6-7-8-15-34-23(31)17-35-27-29-25-24(21-14-9-18(28(2,3)4)16-22(21)36-25)26(32)30(27)19-10-12-20(33-5)13-11-19/h10-13,18H,6-9,14-17H2,1-5H3/t18-/m0/s1. The van der Waals surface area contributed by atoms with Crippen LogP contribution in [-0.2, 0) is 22.4 Å². The molecular formula is C28H36N2O4S2. The number of carbonyl (C=O) groups is 1. The highest BCUT2D eigenvalue weighted by Crippen LogP contribution is 2.42. The molecule has 0 saturated carbocycles. The first-order valence-corrected chi connectivity index (χ1v) is 14.5. The number of thioether (sulfide) groups is 1. The maximum atomic E-state index is 14.0. The zero-order valence-electron chi connectivity index (χ0n) is 21.9. The number of unbranched alkanes of at least 4 members (excludes halogenated alkanes) is 2. The first kappa shape index (κ1) is 26.7. The van der Waals surface area contributed by atoms with Gasteiger partial charge in [0.1, 0.15) is 10.6 Å². The molecule has 2 aromatic heterocycles. The Labute approximate surface area is 221 Å². The lowest BCUT2D eigenvalue weighted by Crippen LogP contribution is -2.27. The van der Waals surface area contributed by atoms with Gasteiger partial charge in [-0.05, 0) is 66.8 Å². The van der Waals surface area contributed by atoms with Crippen LogP contribution in [0.25, 0.3) is 15.9 Å². The van der Waals surface area contributed by atoms with E-state index in [4.69, 9.17) is 14.5 Å². The van der Waals surface area contributed by atoms with Crippen molar-refractivity contribution in [2.45, 2.75) is 71.4 Å². The van der Waals surface area contributed by atoms with E-state index in [1.807, 2.05) is 24.3 Å². The number of thiophene rings is 1. The molecule has 4 rings (SSSR count). The third kappa shape index (κ3) is 5.80. The van der Waals surface area contributed by atoms with Crippen LogP contribution in [0.15, 0.2) is 34.2 Å². The molecule has 0 spiro atoms. The number of rotatable bonds is 9. The van der Waals surface area contributed by atoms with Crippen LogP contribution in [0.3, 0.4) is 0 Å². The van der Waals surface area contributed by atoms with Crippen LogP contribution in [0.2, 0.25) is 0 Å². The molecule has 1 atom stereocenters. The molecule has 2 heterocycles. The molecule has 0 fully saturated rings. The predicted octanol–water partition coefficient (Wildman–Crippen LogP) is 6.43. The van der Waals surface area contributed by atoms with Gasteiger partial charge in [-0.25, -0.2) is 4.98 Å². The van der Waals surface area contributed by atoms with Gasteiger partial charge in [0, 0.05) is 4.88 Å². The topological polar surface area (TPSA) is 70.4 Å². The van der Waals surface area contributed by atoms with E-state index in [1.165, 1.54) is 16.6 Å². The minimum Gasteiger partial charge on any atom is -0.497 e. The van der Waals surface area contributed by atoms with E-state index in [-0.39, 0.29) is 22.7 Å². The van der Waals surface area contributed by atoms with Crippen LogP contribution in [0.1, 0.15) is 63.8 Å². The van der Waals surface area contributed by atoms with Gasteiger partial charge in [-0.15, -0.1) is 11.3 Å². The van der Waals surface area contributed by atoms with Gasteiger partial charge in [0.2, 0.25) is 0 Å². The third-order valence-corrected chi connectivity index (χ3v) is 9.00. The van der Waals surface area contributed by atoms with Gasteiger partial charge in [0.15, 0.2) is 5.16 Å². The number of aromatic nitrogens is 2. The van der Waals surface area contributed by atoms with Crippen molar-refractivity contribution in [2.75, 3.05) is 19.5 Å². The molecular weight excluding hydrogens is 492 g/mol. The molecule has 8 heteroatoms. The Morgan fingerprint density at radius 3 is 2.64 bits per heavy atom. The predicted molar refractivity (Wildman–Crippen MR) is 148 cm³/mol. The first-order valence-electron chi connectivity index (χ1n) is 12.7. The fourth-order valence-corrected chi connectivity index (χ4v) is 6.86. The van der Waals surface area contributed by atoms with E-state index in [9.17, 15) is 9.59 Å². The molecule has 0 unspecified atom stereocenters. The highest BCUT2D eigenvalue weighted by Gasteiger charge is 2.32. The molecule has 36 heavy (non-hydrogen) atoms. The van der Waals surface area contributed by atoms with Gasteiger partial charge >= 0.3 is 5.97 Å². The average molecular weight is 529 g/mol. The molecule has 0 bridgehead atoms. The molecule has 6 nitrogen and oxygen atoms in total. The van der Waals surface area contributed by atoms with E-state index in [0.717, 1.165) is 54.3 Å². The number of ether oxygens (including phenoxy) is 2. The summed E-state index contributed by atoms with van der Waals surface area (Å²) in [6.07, 6.45) is 5.93. The number of fused-ring (bicyclic) bond motifs is 3. The second kappa shape index (κ2) is 11.4. The number of esters is 1. The summed E-state index contributed by atoms with van der Waals surface area (Å²) < 4.78 is 12.3. The zero-order valence-corrected chi connectivity index (χ0v) is 23.5. The van der Waals surface area contributed by atoms with Crippen molar-refractivity contribution in [1.29, 1.82) is 0 Å². The van der Waals surface area contributed by atoms with Crippen LogP contribution in [0, 0.1) is 11.3 Å². The summed E-state index contributed by atoms with van der Waals surface area (Å²) in [5.74, 6) is 1.12. The summed E-state index contributed by atoms with van der Waals surface area (Å²) in [5, 5.41) is 1.24. The number of nitrogens with zero attached hydrogens (tertiary/aromatic N) is 2.